The van der Waals surface area contributed by atoms with Crippen LogP contribution in [0.25, 0.3) is 0 Å². The topological polar surface area (TPSA) is 42.4 Å². The lowest BCUT2D eigenvalue weighted by molar-refractivity contribution is 0.0696. The molecule has 138 valence electrons. The van der Waals surface area contributed by atoms with E-state index < -0.39 is 0 Å². The summed E-state index contributed by atoms with van der Waals surface area (Å²) in [5, 5.41) is 0. The Bertz CT molecular complexity index is 719. The Labute approximate surface area is 156 Å². The van der Waals surface area contributed by atoms with Gasteiger partial charge in [-0.15, -0.1) is 0 Å². The van der Waals surface area contributed by atoms with Crippen molar-refractivity contribution < 1.29 is 9.53 Å². The van der Waals surface area contributed by atoms with E-state index in [2.05, 4.69) is 31.0 Å². The molecule has 1 saturated heterocycles. The van der Waals surface area contributed by atoms with E-state index in [4.69, 9.17) is 4.74 Å². The van der Waals surface area contributed by atoms with Crippen molar-refractivity contribution in [3.05, 3.63) is 59.4 Å². The monoisotopic (exact) mass is 352 g/mol. The quantitative estimate of drug-likeness (QED) is 0.769. The van der Waals surface area contributed by atoms with Gasteiger partial charge in [0.25, 0.3) is 5.91 Å². The molecule has 1 aliphatic heterocycles. The summed E-state index contributed by atoms with van der Waals surface area (Å²) in [6.07, 6.45) is 7.81. The van der Waals surface area contributed by atoms with Gasteiger partial charge in [-0.3, -0.25) is 9.78 Å². The van der Waals surface area contributed by atoms with E-state index in [0.29, 0.717) is 18.1 Å². The molecule has 0 saturated carbocycles. The zero-order chi connectivity index (χ0) is 18.4. The van der Waals surface area contributed by atoms with Crippen molar-refractivity contribution in [1.29, 1.82) is 0 Å². The first-order chi connectivity index (χ1) is 12.7. The number of nitrogens with zero attached hydrogens (tertiary/aromatic N) is 2. The van der Waals surface area contributed by atoms with Crippen LogP contribution in [-0.2, 0) is 13.0 Å². The van der Waals surface area contributed by atoms with Crippen LogP contribution in [0.2, 0.25) is 0 Å². The highest BCUT2D eigenvalue weighted by Gasteiger charge is 2.21. The molecule has 1 aromatic carbocycles. The minimum Gasteiger partial charge on any atom is -0.489 e. The number of likely N-dealkylation sites (tertiary alicyclic amines) is 1. The highest BCUT2D eigenvalue weighted by molar-refractivity contribution is 5.94. The summed E-state index contributed by atoms with van der Waals surface area (Å²) >= 11 is 0. The van der Waals surface area contributed by atoms with E-state index in [1.54, 1.807) is 12.4 Å². The number of hydrogen-bond donors (Lipinski definition) is 0. The van der Waals surface area contributed by atoms with Crippen molar-refractivity contribution in [3.63, 3.8) is 0 Å². The molecule has 1 amide bonds. The minimum absolute atomic E-state index is 0.0789. The molecule has 4 nitrogen and oxygen atoms in total. The molecule has 0 aliphatic carbocycles. The second kappa shape index (κ2) is 8.84. The Balaban J connectivity index is 1.59. The fourth-order valence-corrected chi connectivity index (χ4v) is 3.29. The van der Waals surface area contributed by atoms with Gasteiger partial charge in [-0.05, 0) is 48.9 Å². The van der Waals surface area contributed by atoms with Gasteiger partial charge in [0.2, 0.25) is 0 Å². The van der Waals surface area contributed by atoms with Crippen LogP contribution in [0.3, 0.4) is 0 Å². The molecule has 0 spiro atoms. The first-order valence-electron chi connectivity index (χ1n) is 9.60. The van der Waals surface area contributed by atoms with Gasteiger partial charge in [-0.2, -0.15) is 0 Å². The first-order valence-corrected chi connectivity index (χ1v) is 9.60. The van der Waals surface area contributed by atoms with Gasteiger partial charge in [0.15, 0.2) is 0 Å². The van der Waals surface area contributed by atoms with Crippen molar-refractivity contribution in [2.45, 2.75) is 46.1 Å². The van der Waals surface area contributed by atoms with E-state index in [0.717, 1.165) is 50.1 Å². The molecule has 3 rings (SSSR count). The summed E-state index contributed by atoms with van der Waals surface area (Å²) in [7, 11) is 0. The molecule has 0 atom stereocenters. The Morgan fingerprint density at radius 1 is 1.15 bits per heavy atom. The van der Waals surface area contributed by atoms with E-state index in [1.165, 1.54) is 5.56 Å². The van der Waals surface area contributed by atoms with Gasteiger partial charge in [-0.25, -0.2) is 0 Å². The second-order valence-electron chi connectivity index (χ2n) is 7.24. The van der Waals surface area contributed by atoms with Crippen LogP contribution in [0.5, 0.6) is 5.75 Å². The number of aromatic nitrogens is 1. The van der Waals surface area contributed by atoms with Crippen LogP contribution < -0.4 is 4.74 Å². The maximum Gasteiger partial charge on any atom is 0.255 e. The summed E-state index contributed by atoms with van der Waals surface area (Å²) in [4.78, 5) is 18.9. The summed E-state index contributed by atoms with van der Waals surface area (Å²) in [5.41, 5.74) is 2.89. The highest BCUT2D eigenvalue weighted by atomic mass is 16.5. The second-order valence-corrected chi connectivity index (χ2v) is 7.24. The molecule has 1 aromatic heterocycles. The number of aryl methyl sites for hydroxylation is 1. The van der Waals surface area contributed by atoms with Crippen LogP contribution >= 0.6 is 0 Å². The number of carbonyl (C=O) groups excluding carboxylic acids is 1. The molecule has 0 bridgehead atoms. The Morgan fingerprint density at radius 2 is 1.88 bits per heavy atom. The number of pyridine rings is 1. The largest absolute Gasteiger partial charge is 0.489 e. The van der Waals surface area contributed by atoms with Gasteiger partial charge >= 0.3 is 0 Å². The van der Waals surface area contributed by atoms with Crippen LogP contribution in [0.15, 0.2) is 42.7 Å². The molecule has 4 heteroatoms. The molecule has 1 aliphatic rings. The van der Waals surface area contributed by atoms with Crippen molar-refractivity contribution in [1.82, 2.24) is 9.88 Å². The van der Waals surface area contributed by atoms with Crippen molar-refractivity contribution in [2.75, 3.05) is 13.1 Å². The normalized spacial score (nSPS) is 15.1. The van der Waals surface area contributed by atoms with Gasteiger partial charge < -0.3 is 9.64 Å². The van der Waals surface area contributed by atoms with Crippen LogP contribution in [0.4, 0.5) is 0 Å². The Kier molecular flexibility index (Phi) is 6.26. The van der Waals surface area contributed by atoms with E-state index in [1.807, 2.05) is 23.1 Å². The predicted octanol–water partition coefficient (Wildman–Crippen LogP) is 4.49. The fourth-order valence-electron chi connectivity index (χ4n) is 3.29. The molecule has 1 fully saturated rings. The number of hydrogen-bond acceptors (Lipinski definition) is 3. The molecular formula is C22H28N2O2. The number of amides is 1. The number of carbonyl (C=O) groups is 1. The smallest absolute Gasteiger partial charge is 0.255 e. The summed E-state index contributed by atoms with van der Waals surface area (Å²) in [5.74, 6) is 1.63. The highest BCUT2D eigenvalue weighted by Crippen LogP contribution is 2.19. The Morgan fingerprint density at radius 3 is 2.58 bits per heavy atom. The standard InChI is InChI=1S/C22H28N2O2/c1-3-4-18-5-7-21(8-6-18)26-16-19-13-20(15-23-14-19)22(25)24-11-9-17(2)10-12-24/h5-8,13-15,17H,3-4,9-12,16H2,1-2H3. The molecule has 26 heavy (non-hydrogen) atoms. The summed E-state index contributed by atoms with van der Waals surface area (Å²) < 4.78 is 5.85. The summed E-state index contributed by atoms with van der Waals surface area (Å²) in [6, 6.07) is 10.1. The third-order valence-corrected chi connectivity index (χ3v) is 4.98. The molecule has 0 unspecified atom stereocenters. The van der Waals surface area contributed by atoms with Gasteiger partial charge in [0.05, 0.1) is 5.56 Å². The molecule has 2 aromatic rings. The number of rotatable bonds is 6. The first kappa shape index (κ1) is 18.4. The molecular weight excluding hydrogens is 324 g/mol. The zero-order valence-electron chi connectivity index (χ0n) is 15.8. The lowest BCUT2D eigenvalue weighted by atomic mass is 9.99. The van der Waals surface area contributed by atoms with Gasteiger partial charge in [-0.1, -0.05) is 32.4 Å². The third-order valence-electron chi connectivity index (χ3n) is 4.98. The average molecular weight is 352 g/mol. The van der Waals surface area contributed by atoms with E-state index in [9.17, 15) is 4.79 Å². The molecule has 0 radical (unpaired) electrons. The SMILES string of the molecule is CCCc1ccc(OCc2cncc(C(=O)N3CCC(C)CC3)c2)cc1. The molecule has 0 N–H and O–H groups in total. The van der Waals surface area contributed by atoms with Crippen molar-refractivity contribution in [3.8, 4) is 5.75 Å². The van der Waals surface area contributed by atoms with Crippen LogP contribution in [-0.4, -0.2) is 28.9 Å². The maximum absolute atomic E-state index is 12.7. The minimum atomic E-state index is 0.0789. The number of piperidine rings is 1. The van der Waals surface area contributed by atoms with Crippen molar-refractivity contribution in [2.24, 2.45) is 5.92 Å². The number of benzene rings is 1. The van der Waals surface area contributed by atoms with E-state index >= 15 is 0 Å². The predicted molar refractivity (Wildman–Crippen MR) is 103 cm³/mol. The fraction of sp³-hybridized carbons (Fsp3) is 0.455. The van der Waals surface area contributed by atoms with Gasteiger partial charge in [0.1, 0.15) is 12.4 Å². The maximum atomic E-state index is 12.7. The summed E-state index contributed by atoms with van der Waals surface area (Å²) in [6.45, 7) is 6.51. The Hall–Kier alpha value is -2.36. The lowest BCUT2D eigenvalue weighted by Gasteiger charge is -2.30. The van der Waals surface area contributed by atoms with Gasteiger partial charge in [0, 0.05) is 31.0 Å². The van der Waals surface area contributed by atoms with Crippen LogP contribution in [0.1, 0.15) is 54.6 Å². The molecule has 2 heterocycles. The van der Waals surface area contributed by atoms with E-state index in [-0.39, 0.29) is 5.91 Å². The van der Waals surface area contributed by atoms with Crippen molar-refractivity contribution >= 4 is 5.91 Å². The number of ether oxygens (including phenoxy) is 1. The van der Waals surface area contributed by atoms with Crippen LogP contribution in [0, 0.1) is 5.92 Å². The average Bonchev–Trinajstić information content (AvgIpc) is 2.68. The third kappa shape index (κ3) is 4.84. The zero-order valence-corrected chi connectivity index (χ0v) is 15.8. The lowest BCUT2D eigenvalue weighted by Crippen LogP contribution is -2.38.